The van der Waals surface area contributed by atoms with Crippen molar-refractivity contribution in [3.05, 3.63) is 28.0 Å². The largest absolute Gasteiger partial charge is 0.506 e. The number of hydrogen-bond acceptors (Lipinski definition) is 3. The molecule has 1 aromatic rings. The third kappa shape index (κ3) is 2.22. The Morgan fingerprint density at radius 1 is 1.64 bits per heavy atom. The molecule has 0 aromatic heterocycles. The number of hydrogen-bond donors (Lipinski definition) is 2. The third-order valence-electron chi connectivity index (χ3n) is 1.77. The molecule has 0 radical (unpaired) electrons. The van der Waals surface area contributed by atoms with Crippen LogP contribution in [-0.4, -0.2) is 5.11 Å². The van der Waals surface area contributed by atoms with E-state index in [1.54, 1.807) is 0 Å². The van der Waals surface area contributed by atoms with Crippen molar-refractivity contribution < 1.29 is 9.50 Å². The van der Waals surface area contributed by atoms with Crippen molar-refractivity contribution >= 4 is 15.9 Å². The highest BCUT2D eigenvalue weighted by molar-refractivity contribution is 9.10. The van der Waals surface area contributed by atoms with Gasteiger partial charge in [0.25, 0.3) is 0 Å². The first kappa shape index (κ1) is 11.0. The lowest BCUT2D eigenvalue weighted by Crippen LogP contribution is -2.10. The number of nitrogens with two attached hydrogens (primary N) is 1. The van der Waals surface area contributed by atoms with Crippen LogP contribution in [0.25, 0.3) is 0 Å². The molecule has 0 saturated carbocycles. The summed E-state index contributed by atoms with van der Waals surface area (Å²) in [4.78, 5) is 0. The fourth-order valence-corrected chi connectivity index (χ4v) is 1.52. The number of nitrogens with zero attached hydrogens (tertiary/aromatic N) is 1. The van der Waals surface area contributed by atoms with Gasteiger partial charge in [0.05, 0.1) is 17.0 Å². The quantitative estimate of drug-likeness (QED) is 0.855. The van der Waals surface area contributed by atoms with Gasteiger partial charge in [-0.3, -0.25) is 0 Å². The minimum atomic E-state index is -0.674. The molecule has 1 atom stereocenters. The molecule has 0 spiro atoms. The van der Waals surface area contributed by atoms with E-state index in [0.29, 0.717) is 0 Å². The molecule has 1 rings (SSSR count). The first-order chi connectivity index (χ1) is 6.56. The molecule has 0 heterocycles. The van der Waals surface area contributed by atoms with E-state index in [1.807, 2.05) is 6.07 Å². The highest BCUT2D eigenvalue weighted by Crippen LogP contribution is 2.32. The summed E-state index contributed by atoms with van der Waals surface area (Å²) in [6.45, 7) is 0. The highest BCUT2D eigenvalue weighted by atomic mass is 79.9. The molecule has 1 aromatic carbocycles. The van der Waals surface area contributed by atoms with E-state index in [1.165, 1.54) is 0 Å². The summed E-state index contributed by atoms with van der Waals surface area (Å²) in [6.07, 6.45) is 0.0312. The van der Waals surface area contributed by atoms with E-state index in [-0.39, 0.29) is 22.2 Å². The summed E-state index contributed by atoms with van der Waals surface area (Å²) in [5.74, 6) is -0.618. The third-order valence-corrected chi connectivity index (χ3v) is 2.37. The van der Waals surface area contributed by atoms with Crippen molar-refractivity contribution in [1.82, 2.24) is 0 Å². The number of benzene rings is 1. The zero-order valence-corrected chi connectivity index (χ0v) is 8.75. The van der Waals surface area contributed by atoms with Crippen LogP contribution in [-0.2, 0) is 0 Å². The lowest BCUT2D eigenvalue weighted by molar-refractivity contribution is 0.455. The first-order valence-electron chi connectivity index (χ1n) is 3.86. The fourth-order valence-electron chi connectivity index (χ4n) is 1.08. The second-order valence-electron chi connectivity index (χ2n) is 2.79. The molecule has 0 fully saturated rings. The SMILES string of the molecule is N#CC[C@H](N)c1cc(F)cc(Br)c1O. The lowest BCUT2D eigenvalue weighted by atomic mass is 10.0. The predicted molar refractivity (Wildman–Crippen MR) is 52.9 cm³/mol. The lowest BCUT2D eigenvalue weighted by Gasteiger charge is -2.11. The standard InChI is InChI=1S/C9H8BrFN2O/c10-7-4-5(11)3-6(9(7)14)8(13)1-2-12/h3-4,8,14H,1,13H2/t8-/m0/s1. The van der Waals surface area contributed by atoms with Crippen LogP contribution in [0, 0.1) is 17.1 Å². The maximum absolute atomic E-state index is 12.9. The van der Waals surface area contributed by atoms with Gasteiger partial charge in [0.2, 0.25) is 0 Å². The normalized spacial score (nSPS) is 12.1. The molecule has 5 heteroatoms. The molecule has 0 aliphatic heterocycles. The molecule has 0 aliphatic carbocycles. The van der Waals surface area contributed by atoms with Gasteiger partial charge in [0, 0.05) is 11.6 Å². The van der Waals surface area contributed by atoms with E-state index in [0.717, 1.165) is 12.1 Å². The van der Waals surface area contributed by atoms with Crippen molar-refractivity contribution in [3.63, 3.8) is 0 Å². The van der Waals surface area contributed by atoms with Crippen molar-refractivity contribution in [2.75, 3.05) is 0 Å². The molecule has 3 nitrogen and oxygen atoms in total. The summed E-state index contributed by atoms with van der Waals surface area (Å²) in [7, 11) is 0. The number of nitriles is 1. The molecule has 0 unspecified atom stereocenters. The average molecular weight is 259 g/mol. The number of phenolic OH excluding ortho intramolecular Hbond substituents is 1. The minimum absolute atomic E-state index is 0.0312. The van der Waals surface area contributed by atoms with E-state index in [9.17, 15) is 9.50 Å². The van der Waals surface area contributed by atoms with Crippen LogP contribution in [0.1, 0.15) is 18.0 Å². The number of halogens is 2. The summed E-state index contributed by atoms with van der Waals surface area (Å²) in [5, 5.41) is 17.9. The van der Waals surface area contributed by atoms with Gasteiger partial charge in [-0.15, -0.1) is 0 Å². The Bertz CT molecular complexity index is 389. The summed E-state index contributed by atoms with van der Waals surface area (Å²) in [5.41, 5.74) is 5.81. The smallest absolute Gasteiger partial charge is 0.134 e. The Morgan fingerprint density at radius 2 is 2.29 bits per heavy atom. The molecular formula is C9H8BrFN2O. The molecule has 0 amide bonds. The van der Waals surface area contributed by atoms with Crippen LogP contribution in [0.3, 0.4) is 0 Å². The van der Waals surface area contributed by atoms with Crippen LogP contribution in [0.15, 0.2) is 16.6 Å². The maximum Gasteiger partial charge on any atom is 0.134 e. The van der Waals surface area contributed by atoms with E-state index in [4.69, 9.17) is 11.0 Å². The second kappa shape index (κ2) is 4.40. The molecule has 0 aliphatic rings. The van der Waals surface area contributed by atoms with Gasteiger partial charge >= 0.3 is 0 Å². The van der Waals surface area contributed by atoms with Crippen molar-refractivity contribution in [3.8, 4) is 11.8 Å². The molecular weight excluding hydrogens is 251 g/mol. The van der Waals surface area contributed by atoms with Crippen molar-refractivity contribution in [2.24, 2.45) is 5.73 Å². The van der Waals surface area contributed by atoms with Crippen LogP contribution in [0.2, 0.25) is 0 Å². The fraction of sp³-hybridized carbons (Fsp3) is 0.222. The van der Waals surface area contributed by atoms with Crippen molar-refractivity contribution in [2.45, 2.75) is 12.5 Å². The van der Waals surface area contributed by atoms with E-state index >= 15 is 0 Å². The predicted octanol–water partition coefficient (Wildman–Crippen LogP) is 2.21. The Balaban J connectivity index is 3.14. The average Bonchev–Trinajstić information content (AvgIpc) is 2.11. The first-order valence-corrected chi connectivity index (χ1v) is 4.66. The summed E-state index contributed by atoms with van der Waals surface area (Å²) >= 11 is 2.99. The number of phenols is 1. The summed E-state index contributed by atoms with van der Waals surface area (Å²) in [6, 6.07) is 3.45. The van der Waals surface area contributed by atoms with Gasteiger partial charge in [-0.05, 0) is 28.1 Å². The van der Waals surface area contributed by atoms with Gasteiger partial charge in [0.1, 0.15) is 11.6 Å². The van der Waals surface area contributed by atoms with Gasteiger partial charge in [-0.1, -0.05) is 0 Å². The van der Waals surface area contributed by atoms with E-state index in [2.05, 4.69) is 15.9 Å². The molecule has 3 N–H and O–H groups in total. The van der Waals surface area contributed by atoms with E-state index < -0.39 is 11.9 Å². The van der Waals surface area contributed by atoms with Gasteiger partial charge in [-0.25, -0.2) is 4.39 Å². The highest BCUT2D eigenvalue weighted by Gasteiger charge is 2.14. The van der Waals surface area contributed by atoms with Crippen LogP contribution in [0.5, 0.6) is 5.75 Å². The topological polar surface area (TPSA) is 70.0 Å². The Morgan fingerprint density at radius 3 is 2.86 bits per heavy atom. The molecule has 0 bridgehead atoms. The monoisotopic (exact) mass is 258 g/mol. The maximum atomic E-state index is 12.9. The Kier molecular flexibility index (Phi) is 3.44. The minimum Gasteiger partial charge on any atom is -0.506 e. The molecule has 74 valence electrons. The summed E-state index contributed by atoms with van der Waals surface area (Å²) < 4.78 is 13.2. The molecule has 0 saturated heterocycles. The molecule has 14 heavy (non-hydrogen) atoms. The van der Waals surface area contributed by atoms with Crippen LogP contribution in [0.4, 0.5) is 4.39 Å². The number of aromatic hydroxyl groups is 1. The second-order valence-corrected chi connectivity index (χ2v) is 3.65. The van der Waals surface area contributed by atoms with Gasteiger partial charge in [-0.2, -0.15) is 5.26 Å². The zero-order valence-electron chi connectivity index (χ0n) is 7.17. The Labute approximate surface area is 89.1 Å². The number of rotatable bonds is 2. The van der Waals surface area contributed by atoms with Gasteiger partial charge < -0.3 is 10.8 Å². The zero-order chi connectivity index (χ0) is 10.7. The van der Waals surface area contributed by atoms with Crippen LogP contribution >= 0.6 is 15.9 Å². The van der Waals surface area contributed by atoms with Gasteiger partial charge in [0.15, 0.2) is 0 Å². The van der Waals surface area contributed by atoms with Crippen LogP contribution < -0.4 is 5.73 Å². The van der Waals surface area contributed by atoms with Crippen molar-refractivity contribution in [1.29, 1.82) is 5.26 Å². The Hall–Kier alpha value is -1.12.